The molecule has 1 aliphatic rings. The van der Waals surface area contributed by atoms with Crippen molar-refractivity contribution in [2.24, 2.45) is 11.3 Å². The van der Waals surface area contributed by atoms with E-state index in [4.69, 9.17) is 4.74 Å². The fourth-order valence-corrected chi connectivity index (χ4v) is 5.61. The summed E-state index contributed by atoms with van der Waals surface area (Å²) in [4.78, 5) is 0. The number of hydrogen-bond acceptors (Lipinski definition) is 2. The number of rotatable bonds is 7. The van der Waals surface area contributed by atoms with E-state index in [2.05, 4.69) is 31.4 Å². The molecule has 0 N–H and O–H groups in total. The summed E-state index contributed by atoms with van der Waals surface area (Å²) in [5.41, 5.74) is 0.526. The third-order valence-corrected chi connectivity index (χ3v) is 7.05. The maximum absolute atomic E-state index is 6.06. The lowest BCUT2D eigenvalue weighted by molar-refractivity contribution is 0.0563. The molecule has 0 atom stereocenters. The van der Waals surface area contributed by atoms with E-state index < -0.39 is 0 Å². The highest BCUT2D eigenvalue weighted by Gasteiger charge is 2.34. The summed E-state index contributed by atoms with van der Waals surface area (Å²) < 4.78 is 7.65. The number of thiophene rings is 1. The zero-order valence-corrected chi connectivity index (χ0v) is 14.0. The van der Waals surface area contributed by atoms with Crippen molar-refractivity contribution in [2.75, 3.05) is 12.8 Å². The SMILES string of the molecule is CC(C)CC1(COC[SiH2]c2cccs2)CCCC1. The van der Waals surface area contributed by atoms with Crippen LogP contribution in [0, 0.1) is 11.3 Å². The molecule has 2 rings (SSSR count). The summed E-state index contributed by atoms with van der Waals surface area (Å²) >= 11 is 1.90. The van der Waals surface area contributed by atoms with Gasteiger partial charge in [-0.25, -0.2) is 0 Å². The molecule has 1 aromatic rings. The molecule has 0 amide bonds. The molecule has 0 radical (unpaired) electrons. The van der Waals surface area contributed by atoms with E-state index in [9.17, 15) is 0 Å². The van der Waals surface area contributed by atoms with Crippen molar-refractivity contribution in [1.82, 2.24) is 0 Å². The predicted molar refractivity (Wildman–Crippen MR) is 83.7 cm³/mol. The fraction of sp³-hybridized carbons (Fsp3) is 0.733. The van der Waals surface area contributed by atoms with Gasteiger partial charge >= 0.3 is 0 Å². The number of hydrogen-bond donors (Lipinski definition) is 0. The zero-order valence-electron chi connectivity index (χ0n) is 11.8. The Labute approximate surface area is 118 Å². The van der Waals surface area contributed by atoms with E-state index >= 15 is 0 Å². The van der Waals surface area contributed by atoms with Gasteiger partial charge in [0, 0.05) is 6.23 Å². The molecule has 0 unspecified atom stereocenters. The van der Waals surface area contributed by atoms with Crippen LogP contribution in [0.2, 0.25) is 0 Å². The Hall–Kier alpha value is -0.123. The first-order valence-electron chi connectivity index (χ1n) is 7.30. The minimum absolute atomic E-state index is 0.164. The van der Waals surface area contributed by atoms with Gasteiger partial charge < -0.3 is 4.74 Å². The molecule has 3 heteroatoms. The molecule has 1 aliphatic carbocycles. The Morgan fingerprint density at radius 3 is 2.78 bits per heavy atom. The Kier molecular flexibility index (Phi) is 5.46. The Bertz CT molecular complexity index is 328. The highest BCUT2D eigenvalue weighted by atomic mass is 32.1. The van der Waals surface area contributed by atoms with Crippen molar-refractivity contribution >= 4 is 25.4 Å². The maximum atomic E-state index is 6.06. The topological polar surface area (TPSA) is 9.23 Å². The second-order valence-corrected chi connectivity index (χ2v) is 9.40. The Morgan fingerprint density at radius 1 is 1.39 bits per heavy atom. The van der Waals surface area contributed by atoms with Crippen LogP contribution in [0.1, 0.15) is 46.0 Å². The summed E-state index contributed by atoms with van der Waals surface area (Å²) in [6.45, 7) is 5.71. The number of ether oxygens (including phenoxy) is 1. The maximum Gasteiger partial charge on any atom is 0.0975 e. The lowest BCUT2D eigenvalue weighted by atomic mass is 9.79. The Morgan fingerprint density at radius 2 is 2.17 bits per heavy atom. The summed E-state index contributed by atoms with van der Waals surface area (Å²) in [6.07, 6.45) is 8.00. The van der Waals surface area contributed by atoms with Crippen LogP contribution in [0.15, 0.2) is 17.5 Å². The highest BCUT2D eigenvalue weighted by molar-refractivity contribution is 7.19. The molecular formula is C15H26OSSi. The van der Waals surface area contributed by atoms with Gasteiger partial charge in [-0.1, -0.05) is 38.8 Å². The van der Waals surface area contributed by atoms with Crippen molar-refractivity contribution in [3.05, 3.63) is 17.5 Å². The molecule has 0 spiro atoms. The zero-order chi connectivity index (χ0) is 12.8. The van der Waals surface area contributed by atoms with Gasteiger partial charge in [-0.3, -0.25) is 0 Å². The van der Waals surface area contributed by atoms with Gasteiger partial charge in [0.2, 0.25) is 0 Å². The van der Waals surface area contributed by atoms with Gasteiger partial charge in [-0.05, 0) is 40.5 Å². The lowest BCUT2D eigenvalue weighted by Gasteiger charge is -2.30. The first-order chi connectivity index (χ1) is 8.70. The van der Waals surface area contributed by atoms with E-state index in [1.807, 2.05) is 11.3 Å². The minimum atomic E-state index is -0.164. The van der Waals surface area contributed by atoms with Crippen LogP contribution < -0.4 is 4.50 Å². The quantitative estimate of drug-likeness (QED) is 0.551. The second kappa shape index (κ2) is 6.87. The minimum Gasteiger partial charge on any atom is -0.384 e. The smallest absolute Gasteiger partial charge is 0.0975 e. The van der Waals surface area contributed by atoms with Crippen LogP contribution in [0.3, 0.4) is 0 Å². The molecule has 0 aromatic carbocycles. The van der Waals surface area contributed by atoms with Crippen molar-refractivity contribution in [2.45, 2.75) is 46.0 Å². The molecule has 0 saturated heterocycles. The molecule has 1 saturated carbocycles. The van der Waals surface area contributed by atoms with Crippen LogP contribution >= 0.6 is 11.3 Å². The van der Waals surface area contributed by atoms with Crippen LogP contribution in [-0.2, 0) is 4.74 Å². The van der Waals surface area contributed by atoms with Gasteiger partial charge in [-0.2, -0.15) is 11.3 Å². The monoisotopic (exact) mass is 282 g/mol. The summed E-state index contributed by atoms with van der Waals surface area (Å²) in [5, 5.41) is 2.18. The summed E-state index contributed by atoms with van der Waals surface area (Å²) in [6, 6.07) is 4.42. The van der Waals surface area contributed by atoms with Crippen molar-refractivity contribution in [3.63, 3.8) is 0 Å². The van der Waals surface area contributed by atoms with Crippen molar-refractivity contribution in [1.29, 1.82) is 0 Å². The third-order valence-electron chi connectivity index (χ3n) is 3.99. The van der Waals surface area contributed by atoms with Gasteiger partial charge in [-0.15, -0.1) is 0 Å². The second-order valence-electron chi connectivity index (χ2n) is 6.19. The average molecular weight is 283 g/mol. The van der Waals surface area contributed by atoms with Crippen molar-refractivity contribution < 1.29 is 4.74 Å². The molecule has 1 heterocycles. The van der Waals surface area contributed by atoms with Gasteiger partial charge in [0.05, 0.1) is 16.1 Å². The molecule has 1 aromatic heterocycles. The van der Waals surface area contributed by atoms with E-state index in [1.165, 1.54) is 32.1 Å². The Balaban J connectivity index is 1.72. The molecule has 0 bridgehead atoms. The summed E-state index contributed by atoms with van der Waals surface area (Å²) in [7, 11) is -0.164. The van der Waals surface area contributed by atoms with E-state index in [-0.39, 0.29) is 9.52 Å². The molecule has 18 heavy (non-hydrogen) atoms. The van der Waals surface area contributed by atoms with E-state index in [1.54, 1.807) is 4.50 Å². The van der Waals surface area contributed by atoms with Crippen LogP contribution in [-0.4, -0.2) is 22.4 Å². The molecule has 102 valence electrons. The van der Waals surface area contributed by atoms with Gasteiger partial charge in [0.15, 0.2) is 0 Å². The standard InChI is InChI=1S/C15H26OSSi/c1-13(2)10-15(7-3-4-8-15)11-16-12-18-14-6-5-9-17-14/h5-6,9,13H,3-4,7-8,10-12,18H2,1-2H3. The predicted octanol–water partition coefficient (Wildman–Crippen LogP) is 3.12. The molecule has 1 fully saturated rings. The van der Waals surface area contributed by atoms with E-state index in [0.29, 0.717) is 5.41 Å². The lowest BCUT2D eigenvalue weighted by Crippen LogP contribution is -2.28. The van der Waals surface area contributed by atoms with Crippen molar-refractivity contribution in [3.8, 4) is 0 Å². The largest absolute Gasteiger partial charge is 0.384 e. The molecule has 0 aliphatic heterocycles. The van der Waals surface area contributed by atoms with Crippen LogP contribution in [0.25, 0.3) is 0 Å². The van der Waals surface area contributed by atoms with E-state index in [0.717, 1.165) is 18.8 Å². The summed E-state index contributed by atoms with van der Waals surface area (Å²) in [5.74, 6) is 0.807. The fourth-order valence-electron chi connectivity index (χ4n) is 3.31. The first-order valence-corrected chi connectivity index (χ1v) is 9.89. The van der Waals surface area contributed by atoms with Gasteiger partial charge in [0.1, 0.15) is 0 Å². The average Bonchev–Trinajstić information content (AvgIpc) is 2.95. The van der Waals surface area contributed by atoms with Crippen LogP contribution in [0.4, 0.5) is 0 Å². The third kappa shape index (κ3) is 4.21. The van der Waals surface area contributed by atoms with Gasteiger partial charge in [0.25, 0.3) is 0 Å². The molecule has 1 nitrogen and oxygen atoms in total. The normalized spacial score (nSPS) is 19.3. The highest BCUT2D eigenvalue weighted by Crippen LogP contribution is 2.43. The first kappa shape index (κ1) is 14.3. The molecular weight excluding hydrogens is 256 g/mol. The van der Waals surface area contributed by atoms with Crippen LogP contribution in [0.5, 0.6) is 0 Å².